The summed E-state index contributed by atoms with van der Waals surface area (Å²) in [7, 11) is 1.41. The Morgan fingerprint density at radius 1 is 1.08 bits per heavy atom. The summed E-state index contributed by atoms with van der Waals surface area (Å²) < 4.78 is 4.93. The average Bonchev–Trinajstić information content (AvgIpc) is 2.68. The van der Waals surface area contributed by atoms with E-state index in [2.05, 4.69) is 15.3 Å². The molecule has 0 saturated heterocycles. The summed E-state index contributed by atoms with van der Waals surface area (Å²) in [5.41, 5.74) is 2.90. The van der Waals surface area contributed by atoms with Crippen LogP contribution in [0.4, 0.5) is 0 Å². The number of aryl methyl sites for hydroxylation is 1. The third kappa shape index (κ3) is 3.89. The molecule has 0 aliphatic carbocycles. The fourth-order valence-corrected chi connectivity index (χ4v) is 3.14. The molecule has 0 amide bonds. The lowest BCUT2D eigenvalue weighted by Crippen LogP contribution is -2.32. The predicted octanol–water partition coefficient (Wildman–Crippen LogP) is 3.58. The van der Waals surface area contributed by atoms with Crippen molar-refractivity contribution in [3.8, 4) is 0 Å². The molecule has 0 aliphatic rings. The largest absolute Gasteiger partial charge is 0.469 e. The van der Waals surface area contributed by atoms with Gasteiger partial charge in [0.25, 0.3) is 0 Å². The number of esters is 1. The van der Waals surface area contributed by atoms with E-state index in [0.29, 0.717) is 12.4 Å². The highest BCUT2D eigenvalue weighted by atomic mass is 16.5. The molecule has 0 fully saturated rings. The van der Waals surface area contributed by atoms with Crippen LogP contribution in [-0.2, 0) is 16.1 Å². The maximum Gasteiger partial charge on any atom is 0.310 e. The van der Waals surface area contributed by atoms with E-state index in [1.54, 1.807) is 0 Å². The van der Waals surface area contributed by atoms with E-state index in [-0.39, 0.29) is 17.9 Å². The molecule has 1 N–H and O–H groups in total. The Bertz CT molecular complexity index is 896. The molecule has 0 radical (unpaired) electrons. The molecule has 5 nitrogen and oxygen atoms in total. The van der Waals surface area contributed by atoms with Gasteiger partial charge in [0.05, 0.1) is 25.1 Å². The zero-order chi connectivity index (χ0) is 18.5. The number of fused-ring (bicyclic) bond motifs is 1. The lowest BCUT2D eigenvalue weighted by Gasteiger charge is -2.24. The lowest BCUT2D eigenvalue weighted by molar-refractivity contribution is -0.146. The molecule has 0 spiro atoms. The summed E-state index contributed by atoms with van der Waals surface area (Å²) in [6.45, 7) is 4.31. The number of rotatable bonds is 6. The molecule has 2 atom stereocenters. The molecule has 1 aromatic heterocycles. The number of carbonyl (C=O) groups excluding carboxylic acids is 1. The summed E-state index contributed by atoms with van der Waals surface area (Å²) in [6.07, 6.45) is 0. The minimum absolute atomic E-state index is 0.181. The second kappa shape index (κ2) is 8.06. The van der Waals surface area contributed by atoms with E-state index in [0.717, 1.165) is 22.2 Å². The molecule has 1 heterocycles. The van der Waals surface area contributed by atoms with Gasteiger partial charge in [-0.1, -0.05) is 55.5 Å². The van der Waals surface area contributed by atoms with Gasteiger partial charge >= 0.3 is 5.97 Å². The maximum absolute atomic E-state index is 12.1. The van der Waals surface area contributed by atoms with E-state index in [4.69, 9.17) is 4.74 Å². The van der Waals surface area contributed by atoms with Crippen molar-refractivity contribution in [2.45, 2.75) is 26.4 Å². The number of nitrogens with one attached hydrogen (secondary N) is 1. The minimum atomic E-state index is -0.330. The fourth-order valence-electron chi connectivity index (χ4n) is 3.14. The zero-order valence-electron chi connectivity index (χ0n) is 15.3. The standard InChI is InChI=1S/C21H23N3O2/c1-14(21(25)26-3)20(16-9-5-4-6-10-16)22-13-19-23-15(2)17-11-7-8-12-18(17)24-19/h4-12,14,20,22H,13H2,1-3H3/t14-,20-/m0/s1. The Morgan fingerprint density at radius 3 is 2.50 bits per heavy atom. The number of para-hydroxylation sites is 1. The number of ether oxygens (including phenoxy) is 1. The predicted molar refractivity (Wildman–Crippen MR) is 101 cm³/mol. The van der Waals surface area contributed by atoms with Crippen LogP contribution in [-0.4, -0.2) is 23.0 Å². The number of hydrogen-bond donors (Lipinski definition) is 1. The highest BCUT2D eigenvalue weighted by Gasteiger charge is 2.26. The van der Waals surface area contributed by atoms with Gasteiger partial charge in [-0.25, -0.2) is 9.97 Å². The van der Waals surface area contributed by atoms with E-state index >= 15 is 0 Å². The first-order chi connectivity index (χ1) is 12.6. The molecule has 26 heavy (non-hydrogen) atoms. The molecule has 0 bridgehead atoms. The molecule has 134 valence electrons. The molecule has 0 saturated carbocycles. The smallest absolute Gasteiger partial charge is 0.310 e. The SMILES string of the molecule is COC(=O)[C@@H](C)[C@H](NCc1nc(C)c2ccccc2n1)c1ccccc1. The fraction of sp³-hybridized carbons (Fsp3) is 0.286. The van der Waals surface area contributed by atoms with E-state index in [1.807, 2.05) is 68.4 Å². The monoisotopic (exact) mass is 349 g/mol. The highest BCUT2D eigenvalue weighted by Crippen LogP contribution is 2.23. The van der Waals surface area contributed by atoms with Crippen molar-refractivity contribution in [1.29, 1.82) is 0 Å². The van der Waals surface area contributed by atoms with Crippen molar-refractivity contribution in [3.05, 3.63) is 71.7 Å². The molecule has 2 aromatic carbocycles. The van der Waals surface area contributed by atoms with Crippen LogP contribution in [0.5, 0.6) is 0 Å². The van der Waals surface area contributed by atoms with Gasteiger partial charge in [0.15, 0.2) is 0 Å². The van der Waals surface area contributed by atoms with Crippen LogP contribution < -0.4 is 5.32 Å². The van der Waals surface area contributed by atoms with Crippen LogP contribution in [0.2, 0.25) is 0 Å². The van der Waals surface area contributed by atoms with Crippen LogP contribution >= 0.6 is 0 Å². The summed E-state index contributed by atoms with van der Waals surface area (Å²) in [5, 5.41) is 4.49. The van der Waals surface area contributed by atoms with Gasteiger partial charge in [0.2, 0.25) is 0 Å². The topological polar surface area (TPSA) is 64.1 Å². The van der Waals surface area contributed by atoms with Gasteiger partial charge in [0, 0.05) is 17.1 Å². The molecule has 3 rings (SSSR count). The van der Waals surface area contributed by atoms with Gasteiger partial charge in [-0.15, -0.1) is 0 Å². The first-order valence-corrected chi connectivity index (χ1v) is 8.68. The summed E-state index contributed by atoms with van der Waals surface area (Å²) in [4.78, 5) is 21.3. The quantitative estimate of drug-likeness (QED) is 0.689. The van der Waals surface area contributed by atoms with Crippen molar-refractivity contribution in [1.82, 2.24) is 15.3 Å². The second-order valence-electron chi connectivity index (χ2n) is 6.32. The second-order valence-corrected chi connectivity index (χ2v) is 6.32. The van der Waals surface area contributed by atoms with E-state index < -0.39 is 0 Å². The Kier molecular flexibility index (Phi) is 5.58. The first kappa shape index (κ1) is 18.0. The normalized spacial score (nSPS) is 13.3. The zero-order valence-corrected chi connectivity index (χ0v) is 15.3. The summed E-state index contributed by atoms with van der Waals surface area (Å²) in [5.74, 6) is 0.130. The van der Waals surface area contributed by atoms with Crippen LogP contribution in [0.1, 0.15) is 30.0 Å². The van der Waals surface area contributed by atoms with Crippen molar-refractivity contribution in [2.75, 3.05) is 7.11 Å². The molecular formula is C21H23N3O2. The van der Waals surface area contributed by atoms with Crippen molar-refractivity contribution in [3.63, 3.8) is 0 Å². The number of methoxy groups -OCH3 is 1. The molecule has 0 unspecified atom stereocenters. The Hall–Kier alpha value is -2.79. The molecular weight excluding hydrogens is 326 g/mol. The van der Waals surface area contributed by atoms with Crippen molar-refractivity contribution >= 4 is 16.9 Å². The van der Waals surface area contributed by atoms with Gasteiger partial charge in [-0.2, -0.15) is 0 Å². The summed E-state index contributed by atoms with van der Waals surface area (Å²) >= 11 is 0. The van der Waals surface area contributed by atoms with Crippen LogP contribution in [0.15, 0.2) is 54.6 Å². The molecule has 3 aromatic rings. The third-order valence-electron chi connectivity index (χ3n) is 4.55. The summed E-state index contributed by atoms with van der Waals surface area (Å²) in [6, 6.07) is 17.7. The van der Waals surface area contributed by atoms with Crippen molar-refractivity contribution < 1.29 is 9.53 Å². The average molecular weight is 349 g/mol. The van der Waals surface area contributed by atoms with Gasteiger partial charge in [-0.3, -0.25) is 4.79 Å². The van der Waals surface area contributed by atoms with Gasteiger partial charge in [0.1, 0.15) is 5.82 Å². The van der Waals surface area contributed by atoms with Crippen LogP contribution in [0.25, 0.3) is 10.9 Å². The van der Waals surface area contributed by atoms with E-state index in [9.17, 15) is 4.79 Å². The Morgan fingerprint density at radius 2 is 1.77 bits per heavy atom. The number of benzene rings is 2. The Labute approximate surface area is 153 Å². The highest BCUT2D eigenvalue weighted by molar-refractivity contribution is 5.80. The molecule has 5 heteroatoms. The third-order valence-corrected chi connectivity index (χ3v) is 4.55. The number of hydrogen-bond acceptors (Lipinski definition) is 5. The number of nitrogens with zero attached hydrogens (tertiary/aromatic N) is 2. The Balaban J connectivity index is 1.85. The van der Waals surface area contributed by atoms with Gasteiger partial charge in [-0.05, 0) is 18.6 Å². The number of aromatic nitrogens is 2. The first-order valence-electron chi connectivity index (χ1n) is 8.68. The maximum atomic E-state index is 12.1. The van der Waals surface area contributed by atoms with Gasteiger partial charge < -0.3 is 10.1 Å². The molecule has 0 aliphatic heterocycles. The number of carbonyl (C=O) groups is 1. The van der Waals surface area contributed by atoms with Crippen molar-refractivity contribution in [2.24, 2.45) is 5.92 Å². The minimum Gasteiger partial charge on any atom is -0.469 e. The van der Waals surface area contributed by atoms with Crippen LogP contribution in [0.3, 0.4) is 0 Å². The lowest BCUT2D eigenvalue weighted by atomic mass is 9.94. The van der Waals surface area contributed by atoms with E-state index in [1.165, 1.54) is 7.11 Å². The van der Waals surface area contributed by atoms with Crippen LogP contribution in [0, 0.1) is 12.8 Å².